The van der Waals surface area contributed by atoms with Crippen molar-refractivity contribution in [3.8, 4) is 5.75 Å². The fourth-order valence-electron chi connectivity index (χ4n) is 2.75. The van der Waals surface area contributed by atoms with Crippen molar-refractivity contribution in [3.63, 3.8) is 0 Å². The molecule has 0 aliphatic carbocycles. The quantitative estimate of drug-likeness (QED) is 0.782. The third-order valence-electron chi connectivity index (χ3n) is 3.62. The second kappa shape index (κ2) is 3.51. The highest BCUT2D eigenvalue weighted by atomic mass is 16.5. The summed E-state index contributed by atoms with van der Waals surface area (Å²) in [7, 11) is 1.72. The number of rotatable bonds is 1. The molecule has 0 bridgehead atoms. The molecule has 0 spiro atoms. The molecule has 84 valence electrons. The first-order valence-corrected chi connectivity index (χ1v) is 5.75. The Kier molecular flexibility index (Phi) is 2.13. The van der Waals surface area contributed by atoms with E-state index in [1.54, 1.807) is 7.11 Å². The lowest BCUT2D eigenvalue weighted by Gasteiger charge is -2.24. The van der Waals surface area contributed by atoms with Gasteiger partial charge in [-0.1, -0.05) is 0 Å². The highest BCUT2D eigenvalue weighted by molar-refractivity contribution is 5.93. The third kappa shape index (κ3) is 1.31. The van der Waals surface area contributed by atoms with Crippen molar-refractivity contribution in [2.45, 2.75) is 25.3 Å². The van der Waals surface area contributed by atoms with Gasteiger partial charge in [0.1, 0.15) is 5.75 Å². The summed E-state index contributed by atoms with van der Waals surface area (Å²) in [4.78, 5) is 4.52. The normalized spacial score (nSPS) is 26.5. The Labute approximate surface area is 95.5 Å². The van der Waals surface area contributed by atoms with Crippen LogP contribution in [0.25, 0.3) is 0 Å². The number of benzene rings is 1. The molecule has 0 radical (unpaired) electrons. The Morgan fingerprint density at radius 1 is 1.44 bits per heavy atom. The topological polar surface area (TPSA) is 33.6 Å². The van der Waals surface area contributed by atoms with Gasteiger partial charge in [-0.2, -0.15) is 0 Å². The highest BCUT2D eigenvalue weighted by Crippen LogP contribution is 2.41. The zero-order valence-corrected chi connectivity index (χ0v) is 9.66. The van der Waals surface area contributed by atoms with E-state index in [9.17, 15) is 0 Å². The molecule has 0 aromatic heterocycles. The van der Waals surface area contributed by atoms with Gasteiger partial charge >= 0.3 is 0 Å². The molecule has 3 rings (SSSR count). The maximum atomic E-state index is 5.29. The van der Waals surface area contributed by atoms with Gasteiger partial charge in [0.15, 0.2) is 0 Å². The van der Waals surface area contributed by atoms with E-state index in [1.165, 1.54) is 17.0 Å². The molecule has 1 N–H and O–H groups in total. The Bertz CT molecular complexity index is 453. The van der Waals surface area contributed by atoms with E-state index in [0.29, 0.717) is 12.0 Å². The number of nitrogens with zero attached hydrogens (tertiary/aromatic N) is 1. The summed E-state index contributed by atoms with van der Waals surface area (Å²) in [6.45, 7) is 3.07. The van der Waals surface area contributed by atoms with E-state index in [1.807, 2.05) is 6.07 Å². The van der Waals surface area contributed by atoms with Crippen LogP contribution >= 0.6 is 0 Å². The number of aliphatic imine (C=N–C) groups is 1. The first-order valence-electron chi connectivity index (χ1n) is 5.75. The van der Waals surface area contributed by atoms with Gasteiger partial charge in [0.25, 0.3) is 0 Å². The molecule has 0 saturated carbocycles. The standard InChI is InChI=1S/C13H16N2O/c1-8-13-10(5-6-14-8)11-7-9(16-2)3-4-12(11)15-13/h3-4,7,10,13,15H,5-6H2,1-2H3. The Hall–Kier alpha value is -1.51. The second-order valence-electron chi connectivity index (χ2n) is 4.49. The number of nitrogens with one attached hydrogen (secondary N) is 1. The molecule has 1 aromatic rings. The van der Waals surface area contributed by atoms with Crippen LogP contribution in [0.3, 0.4) is 0 Å². The number of anilines is 1. The highest BCUT2D eigenvalue weighted by Gasteiger charge is 2.35. The second-order valence-corrected chi connectivity index (χ2v) is 4.49. The number of fused-ring (bicyclic) bond motifs is 3. The average Bonchev–Trinajstić information content (AvgIpc) is 2.68. The minimum absolute atomic E-state index is 0.399. The number of hydrogen-bond acceptors (Lipinski definition) is 3. The summed E-state index contributed by atoms with van der Waals surface area (Å²) < 4.78 is 5.29. The molecule has 2 aliphatic rings. The lowest BCUT2D eigenvalue weighted by molar-refractivity contribution is 0.414. The van der Waals surface area contributed by atoms with Crippen LogP contribution in [0.2, 0.25) is 0 Å². The molecule has 2 atom stereocenters. The van der Waals surface area contributed by atoms with Crippen LogP contribution in [0.4, 0.5) is 5.69 Å². The van der Waals surface area contributed by atoms with E-state index in [0.717, 1.165) is 18.7 Å². The van der Waals surface area contributed by atoms with Crippen LogP contribution in [0.5, 0.6) is 5.75 Å². The van der Waals surface area contributed by atoms with Gasteiger partial charge in [-0.3, -0.25) is 4.99 Å². The van der Waals surface area contributed by atoms with Gasteiger partial charge in [-0.15, -0.1) is 0 Å². The predicted molar refractivity (Wildman–Crippen MR) is 65.7 cm³/mol. The molecular formula is C13H16N2O. The zero-order valence-electron chi connectivity index (χ0n) is 9.66. The average molecular weight is 216 g/mol. The minimum Gasteiger partial charge on any atom is -0.497 e. The number of ether oxygens (including phenoxy) is 1. The van der Waals surface area contributed by atoms with E-state index in [2.05, 4.69) is 29.4 Å². The van der Waals surface area contributed by atoms with Crippen LogP contribution in [-0.4, -0.2) is 25.4 Å². The molecule has 0 saturated heterocycles. The van der Waals surface area contributed by atoms with Crippen molar-refractivity contribution in [1.82, 2.24) is 0 Å². The van der Waals surface area contributed by atoms with Crippen molar-refractivity contribution in [3.05, 3.63) is 23.8 Å². The van der Waals surface area contributed by atoms with Crippen molar-refractivity contribution >= 4 is 11.4 Å². The van der Waals surface area contributed by atoms with Gasteiger partial charge in [0, 0.05) is 23.9 Å². The molecule has 3 nitrogen and oxygen atoms in total. The van der Waals surface area contributed by atoms with E-state index >= 15 is 0 Å². The maximum absolute atomic E-state index is 5.29. The largest absolute Gasteiger partial charge is 0.497 e. The van der Waals surface area contributed by atoms with Gasteiger partial charge in [0.05, 0.1) is 13.2 Å². The lowest BCUT2D eigenvalue weighted by Crippen LogP contribution is -2.32. The summed E-state index contributed by atoms with van der Waals surface area (Å²) in [5.41, 5.74) is 3.86. The van der Waals surface area contributed by atoms with Crippen molar-refractivity contribution in [1.29, 1.82) is 0 Å². The van der Waals surface area contributed by atoms with Crippen LogP contribution in [0, 0.1) is 0 Å². The molecule has 0 amide bonds. The predicted octanol–water partition coefficient (Wildman–Crippen LogP) is 2.44. The van der Waals surface area contributed by atoms with Crippen molar-refractivity contribution < 1.29 is 4.74 Å². The van der Waals surface area contributed by atoms with Crippen LogP contribution in [0.15, 0.2) is 23.2 Å². The molecule has 0 fully saturated rings. The first kappa shape index (κ1) is 9.70. The summed E-state index contributed by atoms with van der Waals surface area (Å²) in [6.07, 6.45) is 1.13. The van der Waals surface area contributed by atoms with Crippen LogP contribution in [-0.2, 0) is 0 Å². The molecular weight excluding hydrogens is 200 g/mol. The lowest BCUT2D eigenvalue weighted by atomic mass is 9.87. The Morgan fingerprint density at radius 3 is 3.12 bits per heavy atom. The van der Waals surface area contributed by atoms with Gasteiger partial charge in [-0.25, -0.2) is 0 Å². The number of hydrogen-bond donors (Lipinski definition) is 1. The smallest absolute Gasteiger partial charge is 0.119 e. The third-order valence-corrected chi connectivity index (χ3v) is 3.62. The SMILES string of the molecule is COc1ccc2c(c1)C1CCN=C(C)C1N2. The van der Waals surface area contributed by atoms with E-state index in [4.69, 9.17) is 4.74 Å². The van der Waals surface area contributed by atoms with Gasteiger partial charge < -0.3 is 10.1 Å². The zero-order chi connectivity index (χ0) is 11.1. The van der Waals surface area contributed by atoms with Gasteiger partial charge in [-0.05, 0) is 37.1 Å². The van der Waals surface area contributed by atoms with Gasteiger partial charge in [0.2, 0.25) is 0 Å². The van der Waals surface area contributed by atoms with Crippen LogP contribution in [0.1, 0.15) is 24.8 Å². The summed E-state index contributed by atoms with van der Waals surface area (Å²) >= 11 is 0. The van der Waals surface area contributed by atoms with Crippen molar-refractivity contribution in [2.24, 2.45) is 4.99 Å². The number of methoxy groups -OCH3 is 1. The monoisotopic (exact) mass is 216 g/mol. The summed E-state index contributed by atoms with van der Waals surface area (Å²) in [5.74, 6) is 1.52. The molecule has 1 aromatic carbocycles. The van der Waals surface area contributed by atoms with Crippen LogP contribution < -0.4 is 10.1 Å². The molecule has 2 heterocycles. The molecule has 2 unspecified atom stereocenters. The Balaban J connectivity index is 2.03. The van der Waals surface area contributed by atoms with Crippen molar-refractivity contribution in [2.75, 3.05) is 19.0 Å². The fraction of sp³-hybridized carbons (Fsp3) is 0.462. The maximum Gasteiger partial charge on any atom is 0.119 e. The van der Waals surface area contributed by atoms with E-state index < -0.39 is 0 Å². The molecule has 3 heteroatoms. The molecule has 2 aliphatic heterocycles. The fourth-order valence-corrected chi connectivity index (χ4v) is 2.75. The minimum atomic E-state index is 0.399. The first-order chi connectivity index (χ1) is 7.79. The molecule has 16 heavy (non-hydrogen) atoms. The Morgan fingerprint density at radius 2 is 2.31 bits per heavy atom. The summed E-state index contributed by atoms with van der Waals surface area (Å²) in [5, 5.41) is 3.55. The van der Waals surface area contributed by atoms with E-state index in [-0.39, 0.29) is 0 Å². The summed E-state index contributed by atoms with van der Waals surface area (Å²) in [6, 6.07) is 6.68.